The number of carbonyl (C=O) groups is 1. The number of anilines is 1. The van der Waals surface area contributed by atoms with E-state index in [1.807, 2.05) is 61.5 Å². The van der Waals surface area contributed by atoms with Gasteiger partial charge >= 0.3 is 0 Å². The van der Waals surface area contributed by atoms with Crippen LogP contribution >= 0.6 is 0 Å². The predicted octanol–water partition coefficient (Wildman–Crippen LogP) is 3.98. The number of rotatable bonds is 3. The minimum absolute atomic E-state index is 0.0284. The lowest BCUT2D eigenvalue weighted by Crippen LogP contribution is -2.19. The van der Waals surface area contributed by atoms with Crippen LogP contribution in [-0.4, -0.2) is 10.9 Å². The molecule has 0 bridgehead atoms. The van der Waals surface area contributed by atoms with E-state index in [4.69, 9.17) is 0 Å². The van der Waals surface area contributed by atoms with E-state index in [9.17, 15) is 4.79 Å². The summed E-state index contributed by atoms with van der Waals surface area (Å²) in [6.07, 6.45) is 3.49. The van der Waals surface area contributed by atoms with Crippen molar-refractivity contribution in [1.29, 1.82) is 0 Å². The highest BCUT2D eigenvalue weighted by atomic mass is 16.1. The second-order valence-corrected chi connectivity index (χ2v) is 5.03. The Labute approximate surface area is 123 Å². The number of carbonyl (C=O) groups excluding carboxylic acids is 1. The molecule has 3 rings (SSSR count). The maximum atomic E-state index is 12.4. The molecule has 3 aromatic rings. The smallest absolute Gasteiger partial charge is 0.231 e. The number of aromatic nitrogens is 1. The zero-order valence-corrected chi connectivity index (χ0v) is 11.8. The SMILES string of the molecule is C[C@H](C(=O)Nc1cncc2ccccc12)c1ccccc1. The van der Waals surface area contributed by atoms with E-state index in [2.05, 4.69) is 10.3 Å². The van der Waals surface area contributed by atoms with Gasteiger partial charge in [-0.25, -0.2) is 0 Å². The summed E-state index contributed by atoms with van der Waals surface area (Å²) in [6.45, 7) is 1.91. The van der Waals surface area contributed by atoms with Crippen molar-refractivity contribution in [2.75, 3.05) is 5.32 Å². The molecule has 2 aromatic carbocycles. The van der Waals surface area contributed by atoms with Crippen LogP contribution in [0.4, 0.5) is 5.69 Å². The topological polar surface area (TPSA) is 42.0 Å². The van der Waals surface area contributed by atoms with Crippen molar-refractivity contribution in [2.45, 2.75) is 12.8 Å². The Bertz CT molecular complexity index is 763. The highest BCUT2D eigenvalue weighted by Crippen LogP contribution is 2.23. The van der Waals surface area contributed by atoms with Gasteiger partial charge in [0.15, 0.2) is 0 Å². The number of nitrogens with one attached hydrogen (secondary N) is 1. The van der Waals surface area contributed by atoms with Crippen molar-refractivity contribution in [1.82, 2.24) is 4.98 Å². The fraction of sp³-hybridized carbons (Fsp3) is 0.111. The van der Waals surface area contributed by atoms with Crippen molar-refractivity contribution in [3.05, 3.63) is 72.6 Å². The van der Waals surface area contributed by atoms with E-state index in [-0.39, 0.29) is 11.8 Å². The third kappa shape index (κ3) is 2.77. The monoisotopic (exact) mass is 276 g/mol. The molecule has 104 valence electrons. The lowest BCUT2D eigenvalue weighted by Gasteiger charge is -2.13. The molecule has 0 radical (unpaired) electrons. The molecule has 21 heavy (non-hydrogen) atoms. The van der Waals surface area contributed by atoms with Crippen molar-refractivity contribution < 1.29 is 4.79 Å². The molecule has 0 unspecified atom stereocenters. The number of hydrogen-bond acceptors (Lipinski definition) is 2. The summed E-state index contributed by atoms with van der Waals surface area (Å²) < 4.78 is 0. The predicted molar refractivity (Wildman–Crippen MR) is 85.2 cm³/mol. The molecule has 0 saturated heterocycles. The molecule has 0 spiro atoms. The fourth-order valence-electron chi connectivity index (χ4n) is 2.35. The van der Waals surface area contributed by atoms with Crippen molar-refractivity contribution in [3.63, 3.8) is 0 Å². The molecule has 1 atom stereocenters. The Balaban J connectivity index is 1.87. The molecular formula is C18H16N2O. The van der Waals surface area contributed by atoms with Gasteiger partial charge in [0.25, 0.3) is 0 Å². The van der Waals surface area contributed by atoms with E-state index in [1.54, 1.807) is 12.4 Å². The summed E-state index contributed by atoms with van der Waals surface area (Å²) in [6, 6.07) is 17.6. The van der Waals surface area contributed by atoms with E-state index in [0.717, 1.165) is 22.0 Å². The Kier molecular flexibility index (Phi) is 3.65. The van der Waals surface area contributed by atoms with E-state index >= 15 is 0 Å². The van der Waals surface area contributed by atoms with Crippen LogP contribution in [0.1, 0.15) is 18.4 Å². The third-order valence-corrected chi connectivity index (χ3v) is 3.62. The van der Waals surface area contributed by atoms with Crippen molar-refractivity contribution >= 4 is 22.4 Å². The van der Waals surface area contributed by atoms with Crippen molar-refractivity contribution in [2.24, 2.45) is 0 Å². The zero-order chi connectivity index (χ0) is 14.7. The number of hydrogen-bond donors (Lipinski definition) is 1. The second kappa shape index (κ2) is 5.75. The van der Waals surface area contributed by atoms with Gasteiger partial charge in [-0.1, -0.05) is 54.6 Å². The first kappa shape index (κ1) is 13.3. The van der Waals surface area contributed by atoms with Gasteiger partial charge < -0.3 is 5.32 Å². The first-order valence-corrected chi connectivity index (χ1v) is 6.94. The standard InChI is InChI=1S/C18H16N2O/c1-13(14-7-3-2-4-8-14)18(21)20-17-12-19-11-15-9-5-6-10-16(15)17/h2-13H,1H3,(H,20,21)/t13-/m0/s1. The largest absolute Gasteiger partial charge is 0.324 e. The number of pyridine rings is 1. The normalized spacial score (nSPS) is 12.0. The molecule has 1 heterocycles. The van der Waals surface area contributed by atoms with E-state index < -0.39 is 0 Å². The van der Waals surface area contributed by atoms with Gasteiger partial charge in [0, 0.05) is 17.0 Å². The Hall–Kier alpha value is -2.68. The maximum absolute atomic E-state index is 12.4. The van der Waals surface area contributed by atoms with Crippen LogP contribution < -0.4 is 5.32 Å². The van der Waals surface area contributed by atoms with Crippen LogP contribution in [0.5, 0.6) is 0 Å². The van der Waals surface area contributed by atoms with Gasteiger partial charge in [-0.3, -0.25) is 9.78 Å². The van der Waals surface area contributed by atoms with Gasteiger partial charge in [-0.05, 0) is 12.5 Å². The lowest BCUT2D eigenvalue weighted by atomic mass is 10.0. The number of amides is 1. The maximum Gasteiger partial charge on any atom is 0.231 e. The molecule has 1 N–H and O–H groups in total. The highest BCUT2D eigenvalue weighted by molar-refractivity contribution is 6.03. The molecule has 3 nitrogen and oxygen atoms in total. The average molecular weight is 276 g/mol. The van der Waals surface area contributed by atoms with Gasteiger partial charge in [0.05, 0.1) is 17.8 Å². The summed E-state index contributed by atoms with van der Waals surface area (Å²) >= 11 is 0. The minimum atomic E-state index is -0.204. The first-order chi connectivity index (χ1) is 10.3. The summed E-state index contributed by atoms with van der Waals surface area (Å²) in [4.78, 5) is 16.6. The molecular weight excluding hydrogens is 260 g/mol. The molecule has 0 saturated carbocycles. The summed E-state index contributed by atoms with van der Waals surface area (Å²) in [7, 11) is 0. The van der Waals surface area contributed by atoms with Crippen molar-refractivity contribution in [3.8, 4) is 0 Å². The first-order valence-electron chi connectivity index (χ1n) is 6.94. The van der Waals surface area contributed by atoms with Crippen LogP contribution in [0.3, 0.4) is 0 Å². The summed E-state index contributed by atoms with van der Waals surface area (Å²) in [5.41, 5.74) is 1.75. The van der Waals surface area contributed by atoms with E-state index in [0.29, 0.717) is 0 Å². The molecule has 1 aromatic heterocycles. The Morgan fingerprint density at radius 3 is 2.52 bits per heavy atom. The van der Waals surface area contributed by atoms with Crippen LogP contribution in [0, 0.1) is 0 Å². The van der Waals surface area contributed by atoms with E-state index in [1.165, 1.54) is 0 Å². The third-order valence-electron chi connectivity index (χ3n) is 3.62. The van der Waals surface area contributed by atoms with Crippen LogP contribution in [0.25, 0.3) is 10.8 Å². The molecule has 0 aliphatic carbocycles. The van der Waals surface area contributed by atoms with Crippen LogP contribution in [0.2, 0.25) is 0 Å². The van der Waals surface area contributed by atoms with Gasteiger partial charge in [-0.2, -0.15) is 0 Å². The highest BCUT2D eigenvalue weighted by Gasteiger charge is 2.15. The average Bonchev–Trinajstić information content (AvgIpc) is 2.55. The second-order valence-electron chi connectivity index (χ2n) is 5.03. The van der Waals surface area contributed by atoms with Crippen LogP contribution in [0.15, 0.2) is 67.0 Å². The lowest BCUT2D eigenvalue weighted by molar-refractivity contribution is -0.117. The molecule has 0 fully saturated rings. The zero-order valence-electron chi connectivity index (χ0n) is 11.8. The fourth-order valence-corrected chi connectivity index (χ4v) is 2.35. The summed E-state index contributed by atoms with van der Waals surface area (Å²) in [5.74, 6) is -0.232. The van der Waals surface area contributed by atoms with Crippen LogP contribution in [-0.2, 0) is 4.79 Å². The molecule has 0 aliphatic heterocycles. The van der Waals surface area contributed by atoms with Gasteiger partial charge in [0.2, 0.25) is 5.91 Å². The number of benzene rings is 2. The van der Waals surface area contributed by atoms with Gasteiger partial charge in [-0.15, -0.1) is 0 Å². The Morgan fingerprint density at radius 1 is 1.00 bits per heavy atom. The molecule has 1 amide bonds. The molecule has 0 aliphatic rings. The Morgan fingerprint density at radius 2 is 1.71 bits per heavy atom. The quantitative estimate of drug-likeness (QED) is 0.786. The minimum Gasteiger partial charge on any atom is -0.324 e. The summed E-state index contributed by atoms with van der Waals surface area (Å²) in [5, 5.41) is 5.00. The van der Waals surface area contributed by atoms with Gasteiger partial charge in [0.1, 0.15) is 0 Å². The number of nitrogens with zero attached hydrogens (tertiary/aromatic N) is 1. The number of fused-ring (bicyclic) bond motifs is 1. The molecule has 3 heteroatoms.